The number of aromatic amines is 1. The molecule has 0 radical (unpaired) electrons. The number of likely N-dealkylation sites (tertiary alicyclic amines) is 1. The number of hydrogen-bond donors (Lipinski definition) is 2. The molecule has 0 spiro atoms. The molecule has 2 atom stereocenters. The smallest absolute Gasteiger partial charge is 0.246 e. The second-order valence-corrected chi connectivity index (χ2v) is 5.47. The van der Waals surface area contributed by atoms with E-state index < -0.39 is 0 Å². The van der Waals surface area contributed by atoms with Crippen molar-refractivity contribution in [1.82, 2.24) is 19.9 Å². The van der Waals surface area contributed by atoms with Crippen LogP contribution in [0.4, 0.5) is 5.82 Å². The number of hydrogen-bond acceptors (Lipinski definition) is 4. The van der Waals surface area contributed by atoms with E-state index in [0.717, 1.165) is 29.8 Å². The molecule has 2 aromatic rings. The van der Waals surface area contributed by atoms with Crippen LogP contribution in [0.3, 0.4) is 0 Å². The first-order valence-corrected chi connectivity index (χ1v) is 7.15. The van der Waals surface area contributed by atoms with Crippen molar-refractivity contribution in [2.75, 3.05) is 18.4 Å². The largest absolute Gasteiger partial charge is 0.365 e. The van der Waals surface area contributed by atoms with Crippen LogP contribution in [0.15, 0.2) is 31.2 Å². The Morgan fingerprint density at radius 3 is 3.24 bits per heavy atom. The minimum absolute atomic E-state index is 0.0109. The van der Waals surface area contributed by atoms with E-state index in [2.05, 4.69) is 33.8 Å². The van der Waals surface area contributed by atoms with Gasteiger partial charge in [-0.2, -0.15) is 0 Å². The molecule has 6 heteroatoms. The first kappa shape index (κ1) is 13.6. The molecule has 2 N–H and O–H groups in total. The molecule has 0 saturated carbocycles. The lowest BCUT2D eigenvalue weighted by atomic mass is 9.93. The van der Waals surface area contributed by atoms with Crippen molar-refractivity contribution in [3.8, 4) is 0 Å². The number of anilines is 1. The molecule has 6 nitrogen and oxygen atoms in total. The van der Waals surface area contributed by atoms with Crippen molar-refractivity contribution in [3.63, 3.8) is 0 Å². The molecule has 1 aliphatic heterocycles. The molecular formula is C15H19N5O. The molecule has 3 rings (SSSR count). The van der Waals surface area contributed by atoms with Crippen LogP contribution in [-0.2, 0) is 4.79 Å². The average molecular weight is 285 g/mol. The highest BCUT2D eigenvalue weighted by atomic mass is 16.2. The number of H-pyrrole nitrogens is 1. The molecule has 2 unspecified atom stereocenters. The summed E-state index contributed by atoms with van der Waals surface area (Å²) in [4.78, 5) is 25.2. The lowest BCUT2D eigenvalue weighted by Crippen LogP contribution is -2.48. The minimum atomic E-state index is -0.0109. The fraction of sp³-hybridized carbons (Fsp3) is 0.400. The van der Waals surface area contributed by atoms with Gasteiger partial charge in [-0.15, -0.1) is 0 Å². The van der Waals surface area contributed by atoms with Gasteiger partial charge in [-0.1, -0.05) is 13.5 Å². The normalized spacial score (nSPS) is 22.2. The number of nitrogens with zero attached hydrogens (tertiary/aromatic N) is 3. The van der Waals surface area contributed by atoms with Crippen LogP contribution in [0.1, 0.15) is 13.3 Å². The van der Waals surface area contributed by atoms with E-state index >= 15 is 0 Å². The van der Waals surface area contributed by atoms with Crippen molar-refractivity contribution in [2.24, 2.45) is 5.92 Å². The lowest BCUT2D eigenvalue weighted by molar-refractivity contribution is -0.127. The summed E-state index contributed by atoms with van der Waals surface area (Å²) in [6.45, 7) is 7.21. The second-order valence-electron chi connectivity index (χ2n) is 5.47. The fourth-order valence-corrected chi connectivity index (χ4v) is 2.75. The summed E-state index contributed by atoms with van der Waals surface area (Å²) in [5, 5.41) is 4.44. The Kier molecular flexibility index (Phi) is 3.60. The number of amides is 1. The zero-order valence-corrected chi connectivity index (χ0v) is 12.0. The maximum Gasteiger partial charge on any atom is 0.246 e. The second kappa shape index (κ2) is 5.55. The minimum Gasteiger partial charge on any atom is -0.365 e. The highest BCUT2D eigenvalue weighted by Gasteiger charge is 2.28. The van der Waals surface area contributed by atoms with Crippen LogP contribution in [0.2, 0.25) is 0 Å². The number of aromatic nitrogens is 3. The Labute approximate surface area is 123 Å². The van der Waals surface area contributed by atoms with Gasteiger partial charge in [0.05, 0.1) is 5.39 Å². The van der Waals surface area contributed by atoms with Crippen molar-refractivity contribution < 1.29 is 4.79 Å². The van der Waals surface area contributed by atoms with E-state index in [1.165, 1.54) is 6.08 Å². The SMILES string of the molecule is C=CC(=O)N1CCC(C)C(Nc2ncnc3[nH]ccc23)C1. The Balaban J connectivity index is 1.80. The zero-order valence-electron chi connectivity index (χ0n) is 12.0. The highest BCUT2D eigenvalue weighted by Crippen LogP contribution is 2.24. The van der Waals surface area contributed by atoms with Gasteiger partial charge in [0.1, 0.15) is 17.8 Å². The van der Waals surface area contributed by atoms with Crippen molar-refractivity contribution in [3.05, 3.63) is 31.2 Å². The van der Waals surface area contributed by atoms with Crippen molar-refractivity contribution >= 4 is 22.8 Å². The van der Waals surface area contributed by atoms with E-state index in [-0.39, 0.29) is 11.9 Å². The summed E-state index contributed by atoms with van der Waals surface area (Å²) in [5.41, 5.74) is 0.815. The van der Waals surface area contributed by atoms with Crippen LogP contribution >= 0.6 is 0 Å². The quantitative estimate of drug-likeness (QED) is 0.843. The Bertz CT molecular complexity index is 665. The Morgan fingerprint density at radius 2 is 2.43 bits per heavy atom. The monoisotopic (exact) mass is 285 g/mol. The molecule has 0 bridgehead atoms. The van der Waals surface area contributed by atoms with Crippen molar-refractivity contribution in [2.45, 2.75) is 19.4 Å². The number of carbonyl (C=O) groups is 1. The Hall–Kier alpha value is -2.37. The number of nitrogens with one attached hydrogen (secondary N) is 2. The molecule has 1 saturated heterocycles. The number of fused-ring (bicyclic) bond motifs is 1. The Morgan fingerprint density at radius 1 is 1.57 bits per heavy atom. The molecule has 0 aliphatic carbocycles. The first-order valence-electron chi connectivity index (χ1n) is 7.15. The van der Waals surface area contributed by atoms with Crippen LogP contribution in [0.5, 0.6) is 0 Å². The summed E-state index contributed by atoms with van der Waals surface area (Å²) in [6.07, 6.45) is 5.74. The van der Waals surface area contributed by atoms with Gasteiger partial charge in [0.25, 0.3) is 0 Å². The molecular weight excluding hydrogens is 266 g/mol. The van der Waals surface area contributed by atoms with Gasteiger partial charge < -0.3 is 15.2 Å². The van der Waals surface area contributed by atoms with Gasteiger partial charge >= 0.3 is 0 Å². The molecule has 1 amide bonds. The number of carbonyl (C=O) groups excluding carboxylic acids is 1. The summed E-state index contributed by atoms with van der Waals surface area (Å²) < 4.78 is 0. The summed E-state index contributed by atoms with van der Waals surface area (Å²) in [6, 6.07) is 2.13. The van der Waals surface area contributed by atoms with Crippen molar-refractivity contribution in [1.29, 1.82) is 0 Å². The van der Waals surface area contributed by atoms with E-state index in [9.17, 15) is 4.79 Å². The summed E-state index contributed by atoms with van der Waals surface area (Å²) in [7, 11) is 0. The molecule has 1 fully saturated rings. The third kappa shape index (κ3) is 2.61. The lowest BCUT2D eigenvalue weighted by Gasteiger charge is -2.37. The predicted molar refractivity (Wildman–Crippen MR) is 81.9 cm³/mol. The van der Waals surface area contributed by atoms with E-state index in [0.29, 0.717) is 12.5 Å². The average Bonchev–Trinajstić information content (AvgIpc) is 2.98. The topological polar surface area (TPSA) is 73.9 Å². The predicted octanol–water partition coefficient (Wildman–Crippen LogP) is 1.79. The highest BCUT2D eigenvalue weighted by molar-refractivity contribution is 5.88. The van der Waals surface area contributed by atoms with Gasteiger partial charge in [-0.3, -0.25) is 4.79 Å². The first-order chi connectivity index (χ1) is 10.2. The standard InChI is InChI=1S/C15H19N5O/c1-3-13(21)20-7-5-10(2)12(8-20)19-15-11-4-6-16-14(11)17-9-18-15/h3-4,6,9-10,12H,1,5,7-8H2,2H3,(H2,16,17,18,19). The molecule has 1 aliphatic rings. The molecule has 0 aromatic carbocycles. The maximum atomic E-state index is 11.8. The number of piperidine rings is 1. The molecule has 3 heterocycles. The fourth-order valence-electron chi connectivity index (χ4n) is 2.75. The summed E-state index contributed by atoms with van der Waals surface area (Å²) >= 11 is 0. The third-order valence-corrected chi connectivity index (χ3v) is 4.12. The van der Waals surface area contributed by atoms with Crippen LogP contribution in [-0.4, -0.2) is 44.9 Å². The molecule has 2 aromatic heterocycles. The van der Waals surface area contributed by atoms with Gasteiger partial charge in [-0.25, -0.2) is 9.97 Å². The maximum absolute atomic E-state index is 11.8. The molecule has 110 valence electrons. The van der Waals surface area contributed by atoms with Gasteiger partial charge in [0, 0.05) is 25.3 Å². The van der Waals surface area contributed by atoms with Gasteiger partial charge in [0.2, 0.25) is 5.91 Å². The van der Waals surface area contributed by atoms with Crippen LogP contribution in [0.25, 0.3) is 11.0 Å². The van der Waals surface area contributed by atoms with Gasteiger partial charge in [0.15, 0.2) is 0 Å². The van der Waals surface area contributed by atoms with E-state index in [1.54, 1.807) is 6.33 Å². The van der Waals surface area contributed by atoms with Gasteiger partial charge in [-0.05, 0) is 24.5 Å². The van der Waals surface area contributed by atoms with Crippen LogP contribution < -0.4 is 5.32 Å². The van der Waals surface area contributed by atoms with E-state index in [4.69, 9.17) is 0 Å². The van der Waals surface area contributed by atoms with Crippen LogP contribution in [0, 0.1) is 5.92 Å². The summed E-state index contributed by atoms with van der Waals surface area (Å²) in [5.74, 6) is 1.28. The molecule has 21 heavy (non-hydrogen) atoms. The third-order valence-electron chi connectivity index (χ3n) is 4.12. The zero-order chi connectivity index (χ0) is 14.8. The van der Waals surface area contributed by atoms with E-state index in [1.807, 2.05) is 17.2 Å². The number of rotatable bonds is 3.